The molecular weight excluding hydrogens is 302 g/mol. The van der Waals surface area contributed by atoms with Crippen LogP contribution >= 0.6 is 0 Å². The summed E-state index contributed by atoms with van der Waals surface area (Å²) in [6, 6.07) is 3.94. The Morgan fingerprint density at radius 1 is 1.25 bits per heavy atom. The molecule has 0 radical (unpaired) electrons. The average molecular weight is 327 g/mol. The average Bonchev–Trinajstić information content (AvgIpc) is 3.06. The minimum Gasteiger partial charge on any atom is -0.387 e. The van der Waals surface area contributed by atoms with Gasteiger partial charge in [-0.3, -0.25) is 9.78 Å². The molecule has 1 aliphatic carbocycles. The van der Waals surface area contributed by atoms with Gasteiger partial charge in [0.05, 0.1) is 12.3 Å². The Bertz CT molecular complexity index is 625. The van der Waals surface area contributed by atoms with E-state index in [9.17, 15) is 4.79 Å². The van der Waals surface area contributed by atoms with Crippen molar-refractivity contribution in [2.75, 3.05) is 13.1 Å². The second kappa shape index (κ2) is 6.54. The predicted molar refractivity (Wildman–Crippen MR) is 91.6 cm³/mol. The van der Waals surface area contributed by atoms with Gasteiger partial charge >= 0.3 is 0 Å². The number of rotatable bonds is 2. The molecule has 1 spiro atoms. The van der Waals surface area contributed by atoms with Crippen LogP contribution in [0.25, 0.3) is 0 Å². The zero-order chi connectivity index (χ0) is 16.4. The Morgan fingerprint density at radius 3 is 2.92 bits per heavy atom. The number of piperidine rings is 1. The number of nitrogens with zero attached hydrogens (tertiary/aromatic N) is 3. The minimum atomic E-state index is -0.326. The molecule has 2 aliphatic heterocycles. The van der Waals surface area contributed by atoms with Gasteiger partial charge in [0.2, 0.25) is 5.91 Å². The van der Waals surface area contributed by atoms with E-state index in [1.165, 1.54) is 19.3 Å². The minimum absolute atomic E-state index is 0.231. The Morgan fingerprint density at radius 2 is 2.12 bits per heavy atom. The SMILES string of the molecule is O=C(C1CCCCC1)N1CCCC2(CC(c3cccnc3)=NO2)C1. The summed E-state index contributed by atoms with van der Waals surface area (Å²) in [4.78, 5) is 25.0. The van der Waals surface area contributed by atoms with Crippen molar-refractivity contribution in [1.29, 1.82) is 0 Å². The number of hydrogen-bond acceptors (Lipinski definition) is 4. The van der Waals surface area contributed by atoms with E-state index in [0.717, 1.165) is 49.9 Å². The summed E-state index contributed by atoms with van der Waals surface area (Å²) in [5.74, 6) is 0.571. The van der Waals surface area contributed by atoms with Crippen LogP contribution in [0.15, 0.2) is 29.7 Å². The third kappa shape index (κ3) is 3.04. The lowest BCUT2D eigenvalue weighted by atomic mass is 9.84. The number of likely N-dealkylation sites (tertiary alicyclic amines) is 1. The van der Waals surface area contributed by atoms with Crippen molar-refractivity contribution >= 4 is 11.6 Å². The molecule has 1 aromatic heterocycles. The summed E-state index contributed by atoms with van der Waals surface area (Å²) >= 11 is 0. The highest BCUT2D eigenvalue weighted by molar-refractivity contribution is 6.01. The maximum atomic E-state index is 12.9. The van der Waals surface area contributed by atoms with E-state index in [4.69, 9.17) is 4.84 Å². The second-order valence-electron chi connectivity index (χ2n) is 7.43. The highest BCUT2D eigenvalue weighted by Crippen LogP contribution is 2.36. The summed E-state index contributed by atoms with van der Waals surface area (Å²) in [5, 5.41) is 4.33. The normalized spacial score (nSPS) is 27.8. The summed E-state index contributed by atoms with van der Waals surface area (Å²) in [7, 11) is 0. The van der Waals surface area contributed by atoms with Gasteiger partial charge in [-0.05, 0) is 37.8 Å². The topological polar surface area (TPSA) is 54.8 Å². The predicted octanol–water partition coefficient (Wildman–Crippen LogP) is 3.15. The molecule has 4 rings (SSSR count). The van der Waals surface area contributed by atoms with E-state index >= 15 is 0 Å². The second-order valence-corrected chi connectivity index (χ2v) is 7.43. The fourth-order valence-electron chi connectivity index (χ4n) is 4.32. The van der Waals surface area contributed by atoms with Crippen molar-refractivity contribution in [3.8, 4) is 0 Å². The fourth-order valence-corrected chi connectivity index (χ4v) is 4.32. The molecule has 1 saturated carbocycles. The van der Waals surface area contributed by atoms with Crippen LogP contribution in [0.5, 0.6) is 0 Å². The van der Waals surface area contributed by atoms with Gasteiger partial charge in [0.1, 0.15) is 0 Å². The standard InChI is InChI=1S/C19H25N3O2/c23-18(15-6-2-1-3-7-15)22-11-5-9-19(14-22)12-17(21-24-19)16-8-4-10-20-13-16/h4,8,10,13,15H,1-3,5-7,9,11-12,14H2. The third-order valence-corrected chi connectivity index (χ3v) is 5.64. The molecule has 3 aliphatic rings. The van der Waals surface area contributed by atoms with Gasteiger partial charge in [0.15, 0.2) is 5.60 Å². The van der Waals surface area contributed by atoms with Gasteiger partial charge in [-0.1, -0.05) is 24.4 Å². The van der Waals surface area contributed by atoms with Gasteiger partial charge in [0.25, 0.3) is 0 Å². The largest absolute Gasteiger partial charge is 0.387 e. The first-order valence-electron chi connectivity index (χ1n) is 9.20. The lowest BCUT2D eigenvalue weighted by Gasteiger charge is -2.40. The van der Waals surface area contributed by atoms with Crippen molar-refractivity contribution in [2.45, 2.75) is 57.0 Å². The van der Waals surface area contributed by atoms with E-state index in [1.54, 1.807) is 6.20 Å². The van der Waals surface area contributed by atoms with Gasteiger partial charge in [-0.2, -0.15) is 0 Å². The van der Waals surface area contributed by atoms with E-state index in [1.807, 2.05) is 23.2 Å². The van der Waals surface area contributed by atoms with Gasteiger partial charge in [-0.25, -0.2) is 0 Å². The van der Waals surface area contributed by atoms with Crippen LogP contribution in [-0.4, -0.2) is 40.2 Å². The molecule has 1 aromatic rings. The number of hydrogen-bond donors (Lipinski definition) is 0. The fraction of sp³-hybridized carbons (Fsp3) is 0.632. The summed E-state index contributed by atoms with van der Waals surface area (Å²) in [5.41, 5.74) is 1.65. The molecule has 1 saturated heterocycles. The number of oxime groups is 1. The Balaban J connectivity index is 1.43. The van der Waals surface area contributed by atoms with Crippen molar-refractivity contribution in [2.24, 2.45) is 11.1 Å². The summed E-state index contributed by atoms with van der Waals surface area (Å²) in [6.07, 6.45) is 12.1. The summed E-state index contributed by atoms with van der Waals surface area (Å²) in [6.45, 7) is 1.54. The quantitative estimate of drug-likeness (QED) is 0.838. The molecule has 1 amide bonds. The third-order valence-electron chi connectivity index (χ3n) is 5.64. The maximum Gasteiger partial charge on any atom is 0.225 e. The van der Waals surface area contributed by atoms with Crippen molar-refractivity contribution in [3.63, 3.8) is 0 Å². The number of carbonyl (C=O) groups excluding carboxylic acids is 1. The molecule has 2 fully saturated rings. The van der Waals surface area contributed by atoms with Crippen LogP contribution in [-0.2, 0) is 9.63 Å². The molecule has 128 valence electrons. The van der Waals surface area contributed by atoms with Crippen LogP contribution in [0, 0.1) is 5.92 Å². The van der Waals surface area contributed by atoms with Crippen LogP contribution in [0.4, 0.5) is 0 Å². The first kappa shape index (κ1) is 15.6. The molecule has 0 aromatic carbocycles. The van der Waals surface area contributed by atoms with E-state index < -0.39 is 0 Å². The van der Waals surface area contributed by atoms with Crippen molar-refractivity contribution in [1.82, 2.24) is 9.88 Å². The van der Waals surface area contributed by atoms with Gasteiger partial charge in [0, 0.05) is 36.8 Å². The first-order chi connectivity index (χ1) is 11.8. The monoisotopic (exact) mass is 327 g/mol. The summed E-state index contributed by atoms with van der Waals surface area (Å²) < 4.78 is 0. The Labute approximate surface area is 143 Å². The molecule has 1 atom stereocenters. The van der Waals surface area contributed by atoms with Crippen LogP contribution in [0.1, 0.15) is 56.9 Å². The molecule has 3 heterocycles. The number of pyridine rings is 1. The van der Waals surface area contributed by atoms with Crippen molar-refractivity contribution in [3.05, 3.63) is 30.1 Å². The molecular formula is C19H25N3O2. The highest BCUT2D eigenvalue weighted by Gasteiger charge is 2.45. The molecule has 5 nitrogen and oxygen atoms in total. The molecule has 5 heteroatoms. The van der Waals surface area contributed by atoms with Gasteiger partial charge in [-0.15, -0.1) is 0 Å². The lowest BCUT2D eigenvalue weighted by molar-refractivity contribution is -0.145. The zero-order valence-electron chi connectivity index (χ0n) is 14.1. The Hall–Kier alpha value is -1.91. The van der Waals surface area contributed by atoms with Crippen molar-refractivity contribution < 1.29 is 9.63 Å². The lowest BCUT2D eigenvalue weighted by Crippen LogP contribution is -2.52. The zero-order valence-corrected chi connectivity index (χ0v) is 14.1. The maximum absolute atomic E-state index is 12.9. The van der Waals surface area contributed by atoms with Gasteiger partial charge < -0.3 is 9.74 Å². The number of aromatic nitrogens is 1. The van der Waals surface area contributed by atoms with Crippen LogP contribution < -0.4 is 0 Å². The molecule has 0 bridgehead atoms. The number of carbonyl (C=O) groups is 1. The van der Waals surface area contributed by atoms with Crippen LogP contribution in [0.3, 0.4) is 0 Å². The van der Waals surface area contributed by atoms with E-state index in [2.05, 4.69) is 10.1 Å². The Kier molecular flexibility index (Phi) is 4.25. The molecule has 1 unspecified atom stereocenters. The molecule has 24 heavy (non-hydrogen) atoms. The molecule has 0 N–H and O–H groups in total. The number of amides is 1. The first-order valence-corrected chi connectivity index (χ1v) is 9.20. The van der Waals surface area contributed by atoms with E-state index in [-0.39, 0.29) is 11.5 Å². The smallest absolute Gasteiger partial charge is 0.225 e. The van der Waals surface area contributed by atoms with Crippen LogP contribution in [0.2, 0.25) is 0 Å². The van der Waals surface area contributed by atoms with E-state index in [0.29, 0.717) is 12.5 Å². The highest BCUT2D eigenvalue weighted by atomic mass is 16.7.